The molecule has 0 bridgehead atoms. The van der Waals surface area contributed by atoms with E-state index in [1.807, 2.05) is 46.3 Å². The number of thiophene rings is 1. The van der Waals surface area contributed by atoms with Gasteiger partial charge in [0.25, 0.3) is 0 Å². The summed E-state index contributed by atoms with van der Waals surface area (Å²) in [6.45, 7) is 0.701. The van der Waals surface area contributed by atoms with Crippen LogP contribution in [-0.4, -0.2) is 38.2 Å². The number of aromatic nitrogens is 5. The standard InChI is InChI=1S/C23H21N7OS/c1-31-18-7-5-16(6-8-18)9-12-25-21-20-22(30(15-26-20)17-10-13-32-14-17)29-23(28-21)27-19-4-2-3-11-24-19/h2-8,10-11,13-15H,9,12H2,1H3,(H2,24,25,27,28,29). The summed E-state index contributed by atoms with van der Waals surface area (Å²) in [5.74, 6) is 2.66. The molecule has 2 N–H and O–H groups in total. The lowest BCUT2D eigenvalue weighted by Gasteiger charge is -2.10. The molecule has 0 fully saturated rings. The van der Waals surface area contributed by atoms with Crippen molar-refractivity contribution in [2.75, 3.05) is 24.3 Å². The average molecular weight is 444 g/mol. The normalized spacial score (nSPS) is 10.9. The van der Waals surface area contributed by atoms with Gasteiger partial charge in [-0.1, -0.05) is 18.2 Å². The lowest BCUT2D eigenvalue weighted by Crippen LogP contribution is -2.09. The molecule has 0 saturated carbocycles. The molecule has 0 aliphatic rings. The summed E-state index contributed by atoms with van der Waals surface area (Å²) in [6.07, 6.45) is 4.34. The molecular formula is C23H21N7OS. The molecule has 5 aromatic rings. The maximum absolute atomic E-state index is 5.23. The van der Waals surface area contributed by atoms with Crippen molar-refractivity contribution in [2.45, 2.75) is 6.42 Å². The number of imidazole rings is 1. The van der Waals surface area contributed by atoms with Crippen LogP contribution >= 0.6 is 11.3 Å². The van der Waals surface area contributed by atoms with Crippen LogP contribution in [-0.2, 0) is 6.42 Å². The van der Waals surface area contributed by atoms with Gasteiger partial charge in [0.15, 0.2) is 17.0 Å². The first-order valence-corrected chi connectivity index (χ1v) is 11.1. The Labute approximate surface area is 189 Å². The third-order valence-corrected chi connectivity index (χ3v) is 5.62. The number of methoxy groups -OCH3 is 1. The van der Waals surface area contributed by atoms with Crippen molar-refractivity contribution in [1.82, 2.24) is 24.5 Å². The monoisotopic (exact) mass is 443 g/mol. The summed E-state index contributed by atoms with van der Waals surface area (Å²) in [7, 11) is 1.67. The summed E-state index contributed by atoms with van der Waals surface area (Å²) < 4.78 is 7.20. The van der Waals surface area contributed by atoms with Gasteiger partial charge < -0.3 is 15.4 Å². The van der Waals surface area contributed by atoms with Gasteiger partial charge >= 0.3 is 0 Å². The molecule has 0 unspecified atom stereocenters. The number of anilines is 3. The van der Waals surface area contributed by atoms with E-state index in [9.17, 15) is 0 Å². The highest BCUT2D eigenvalue weighted by atomic mass is 32.1. The second kappa shape index (κ2) is 9.03. The van der Waals surface area contributed by atoms with E-state index in [2.05, 4.69) is 43.1 Å². The lowest BCUT2D eigenvalue weighted by molar-refractivity contribution is 0.414. The number of pyridine rings is 1. The molecule has 1 aromatic carbocycles. The summed E-state index contributed by atoms with van der Waals surface area (Å²) in [6, 6.07) is 15.8. The topological polar surface area (TPSA) is 89.8 Å². The molecule has 4 aromatic heterocycles. The van der Waals surface area contributed by atoms with Crippen LogP contribution in [0.2, 0.25) is 0 Å². The average Bonchev–Trinajstić information content (AvgIpc) is 3.50. The zero-order valence-electron chi connectivity index (χ0n) is 17.4. The van der Waals surface area contributed by atoms with Gasteiger partial charge in [0.2, 0.25) is 5.95 Å². The number of hydrogen-bond donors (Lipinski definition) is 2. The Morgan fingerprint density at radius 1 is 1.03 bits per heavy atom. The molecule has 0 saturated heterocycles. The molecule has 0 atom stereocenters. The highest BCUT2D eigenvalue weighted by Crippen LogP contribution is 2.25. The molecule has 0 aliphatic carbocycles. The van der Waals surface area contributed by atoms with Gasteiger partial charge in [0, 0.05) is 18.1 Å². The van der Waals surface area contributed by atoms with E-state index in [0.29, 0.717) is 24.1 Å². The van der Waals surface area contributed by atoms with Crippen LogP contribution in [0.5, 0.6) is 5.75 Å². The molecule has 4 heterocycles. The van der Waals surface area contributed by atoms with Crippen LogP contribution in [0.3, 0.4) is 0 Å². The number of hydrogen-bond acceptors (Lipinski definition) is 8. The van der Waals surface area contributed by atoms with E-state index < -0.39 is 0 Å². The Balaban J connectivity index is 1.44. The van der Waals surface area contributed by atoms with Gasteiger partial charge in [-0.2, -0.15) is 21.3 Å². The van der Waals surface area contributed by atoms with Gasteiger partial charge in [-0.25, -0.2) is 9.97 Å². The van der Waals surface area contributed by atoms with Gasteiger partial charge in [0.05, 0.1) is 12.8 Å². The minimum Gasteiger partial charge on any atom is -0.497 e. The summed E-state index contributed by atoms with van der Waals surface area (Å²) in [5.41, 5.74) is 3.67. The number of ether oxygens (including phenoxy) is 1. The van der Waals surface area contributed by atoms with E-state index in [0.717, 1.165) is 29.0 Å². The van der Waals surface area contributed by atoms with E-state index >= 15 is 0 Å². The molecule has 32 heavy (non-hydrogen) atoms. The first-order chi connectivity index (χ1) is 15.8. The predicted molar refractivity (Wildman–Crippen MR) is 127 cm³/mol. The van der Waals surface area contributed by atoms with Crippen molar-refractivity contribution >= 4 is 40.1 Å². The zero-order chi connectivity index (χ0) is 21.8. The van der Waals surface area contributed by atoms with Crippen molar-refractivity contribution < 1.29 is 4.74 Å². The van der Waals surface area contributed by atoms with Crippen LogP contribution in [0.1, 0.15) is 5.56 Å². The van der Waals surface area contributed by atoms with Crippen LogP contribution in [0.4, 0.5) is 17.6 Å². The molecule has 160 valence electrons. The summed E-state index contributed by atoms with van der Waals surface area (Å²) in [5, 5.41) is 10.7. The fourth-order valence-electron chi connectivity index (χ4n) is 3.33. The van der Waals surface area contributed by atoms with Gasteiger partial charge in [0.1, 0.15) is 17.9 Å². The van der Waals surface area contributed by atoms with E-state index in [-0.39, 0.29) is 0 Å². The van der Waals surface area contributed by atoms with E-state index in [1.54, 1.807) is 31.0 Å². The Hall–Kier alpha value is -3.98. The summed E-state index contributed by atoms with van der Waals surface area (Å²) >= 11 is 1.63. The molecule has 0 radical (unpaired) electrons. The number of nitrogens with zero attached hydrogens (tertiary/aromatic N) is 5. The fourth-order valence-corrected chi connectivity index (χ4v) is 3.96. The molecule has 0 amide bonds. The molecule has 8 nitrogen and oxygen atoms in total. The number of rotatable bonds is 8. The number of nitrogens with one attached hydrogen (secondary N) is 2. The number of benzene rings is 1. The quantitative estimate of drug-likeness (QED) is 0.360. The first kappa shape index (κ1) is 20.0. The van der Waals surface area contributed by atoms with Crippen LogP contribution in [0.25, 0.3) is 16.9 Å². The predicted octanol–water partition coefficient (Wildman–Crippen LogP) is 4.68. The fraction of sp³-hybridized carbons (Fsp3) is 0.130. The second-order valence-corrected chi connectivity index (χ2v) is 7.81. The lowest BCUT2D eigenvalue weighted by atomic mass is 10.1. The van der Waals surface area contributed by atoms with E-state index in [4.69, 9.17) is 9.72 Å². The third-order valence-electron chi connectivity index (χ3n) is 4.95. The molecule has 0 spiro atoms. The summed E-state index contributed by atoms with van der Waals surface area (Å²) in [4.78, 5) is 18.3. The van der Waals surface area contributed by atoms with Crippen molar-refractivity contribution in [3.63, 3.8) is 0 Å². The Kier molecular flexibility index (Phi) is 5.63. The molecule has 0 aliphatic heterocycles. The maximum atomic E-state index is 5.23. The second-order valence-electron chi connectivity index (χ2n) is 7.03. The SMILES string of the molecule is COc1ccc(CCNc2nc(Nc3ccccn3)nc3c2ncn3-c2ccsc2)cc1. The Morgan fingerprint density at radius 2 is 1.94 bits per heavy atom. The van der Waals surface area contributed by atoms with Crippen LogP contribution < -0.4 is 15.4 Å². The van der Waals surface area contributed by atoms with Crippen molar-refractivity contribution in [1.29, 1.82) is 0 Å². The largest absolute Gasteiger partial charge is 0.497 e. The van der Waals surface area contributed by atoms with Crippen LogP contribution in [0.15, 0.2) is 71.8 Å². The Morgan fingerprint density at radius 3 is 2.69 bits per heavy atom. The third kappa shape index (κ3) is 4.23. The van der Waals surface area contributed by atoms with Gasteiger partial charge in [-0.05, 0) is 47.7 Å². The van der Waals surface area contributed by atoms with Crippen molar-refractivity contribution in [3.8, 4) is 11.4 Å². The highest BCUT2D eigenvalue weighted by molar-refractivity contribution is 7.08. The minimum absolute atomic E-state index is 0.458. The molecule has 9 heteroatoms. The smallest absolute Gasteiger partial charge is 0.232 e. The Bertz CT molecular complexity index is 1300. The minimum atomic E-state index is 0.458. The van der Waals surface area contributed by atoms with E-state index in [1.165, 1.54) is 5.56 Å². The van der Waals surface area contributed by atoms with Crippen molar-refractivity contribution in [3.05, 3.63) is 77.4 Å². The zero-order valence-corrected chi connectivity index (χ0v) is 18.2. The maximum Gasteiger partial charge on any atom is 0.232 e. The van der Waals surface area contributed by atoms with Crippen molar-refractivity contribution in [2.24, 2.45) is 0 Å². The van der Waals surface area contributed by atoms with Gasteiger partial charge in [-0.15, -0.1) is 0 Å². The molecular weight excluding hydrogens is 422 g/mol. The first-order valence-electron chi connectivity index (χ1n) is 10.1. The van der Waals surface area contributed by atoms with Gasteiger partial charge in [-0.3, -0.25) is 4.57 Å². The highest BCUT2D eigenvalue weighted by Gasteiger charge is 2.15. The molecule has 5 rings (SSSR count). The number of fused-ring (bicyclic) bond motifs is 1. The van der Waals surface area contributed by atoms with Crippen LogP contribution in [0, 0.1) is 0 Å².